The monoisotopic (exact) mass is 276 g/mol. The number of rotatable bonds is 5. The molecule has 2 aromatic rings. The van der Waals surface area contributed by atoms with Crippen LogP contribution in [0.1, 0.15) is 17.4 Å². The number of aryl methyl sites for hydroxylation is 1. The fourth-order valence-electron chi connectivity index (χ4n) is 1.74. The van der Waals surface area contributed by atoms with Gasteiger partial charge in [-0.3, -0.25) is 14.3 Å². The Kier molecular flexibility index (Phi) is 4.19. The lowest BCUT2D eigenvalue weighted by molar-refractivity contribution is -0.118. The van der Waals surface area contributed by atoms with Crippen molar-refractivity contribution in [3.8, 4) is 11.5 Å². The third-order valence-electron chi connectivity index (χ3n) is 2.67. The van der Waals surface area contributed by atoms with Crippen molar-refractivity contribution in [2.24, 2.45) is 7.05 Å². The normalized spacial score (nSPS) is 10.3. The molecular formula is C13H16N4O3. The zero-order valence-electron chi connectivity index (χ0n) is 11.3. The van der Waals surface area contributed by atoms with Crippen LogP contribution in [0.25, 0.3) is 11.5 Å². The van der Waals surface area contributed by atoms with E-state index in [0.717, 1.165) is 5.69 Å². The Morgan fingerprint density at radius 3 is 2.75 bits per heavy atom. The molecule has 0 radical (unpaired) electrons. The summed E-state index contributed by atoms with van der Waals surface area (Å²) in [6, 6.07) is 5.23. The van der Waals surface area contributed by atoms with Crippen molar-refractivity contribution < 1.29 is 14.0 Å². The lowest BCUT2D eigenvalue weighted by atomic mass is 10.3. The quantitative estimate of drug-likeness (QED) is 0.780. The van der Waals surface area contributed by atoms with Gasteiger partial charge in [0.15, 0.2) is 11.5 Å². The number of hydrogen-bond acceptors (Lipinski definition) is 4. The summed E-state index contributed by atoms with van der Waals surface area (Å²) >= 11 is 0. The number of amides is 2. The summed E-state index contributed by atoms with van der Waals surface area (Å²) in [5.41, 5.74) is 1.03. The Hall–Kier alpha value is -2.57. The van der Waals surface area contributed by atoms with Crippen molar-refractivity contribution in [2.45, 2.75) is 6.92 Å². The van der Waals surface area contributed by atoms with E-state index in [1.165, 1.54) is 6.92 Å². The van der Waals surface area contributed by atoms with Gasteiger partial charge in [-0.1, -0.05) is 0 Å². The van der Waals surface area contributed by atoms with Crippen molar-refractivity contribution in [3.63, 3.8) is 0 Å². The maximum absolute atomic E-state index is 11.9. The summed E-state index contributed by atoms with van der Waals surface area (Å²) in [5, 5.41) is 9.41. The molecule has 7 heteroatoms. The minimum atomic E-state index is -0.288. The van der Waals surface area contributed by atoms with E-state index < -0.39 is 0 Å². The summed E-state index contributed by atoms with van der Waals surface area (Å²) in [4.78, 5) is 22.6. The van der Waals surface area contributed by atoms with Crippen molar-refractivity contribution in [2.75, 3.05) is 13.1 Å². The van der Waals surface area contributed by atoms with E-state index in [-0.39, 0.29) is 11.8 Å². The van der Waals surface area contributed by atoms with Crippen LogP contribution in [0.4, 0.5) is 0 Å². The molecule has 0 bridgehead atoms. The van der Waals surface area contributed by atoms with Gasteiger partial charge in [0.2, 0.25) is 5.91 Å². The van der Waals surface area contributed by atoms with Gasteiger partial charge in [0.05, 0.1) is 6.26 Å². The summed E-state index contributed by atoms with van der Waals surface area (Å²) in [6.45, 7) is 2.17. The van der Waals surface area contributed by atoms with Crippen molar-refractivity contribution in [1.29, 1.82) is 0 Å². The van der Waals surface area contributed by atoms with E-state index in [1.54, 1.807) is 36.2 Å². The predicted molar refractivity (Wildman–Crippen MR) is 71.9 cm³/mol. The van der Waals surface area contributed by atoms with E-state index in [0.29, 0.717) is 24.5 Å². The molecule has 0 aliphatic carbocycles. The van der Waals surface area contributed by atoms with Crippen LogP contribution in [-0.2, 0) is 11.8 Å². The zero-order chi connectivity index (χ0) is 14.5. The molecule has 20 heavy (non-hydrogen) atoms. The molecule has 0 saturated heterocycles. The number of furan rings is 1. The van der Waals surface area contributed by atoms with E-state index in [4.69, 9.17) is 4.42 Å². The van der Waals surface area contributed by atoms with Gasteiger partial charge in [-0.05, 0) is 12.1 Å². The molecule has 2 N–H and O–H groups in total. The summed E-state index contributed by atoms with van der Waals surface area (Å²) < 4.78 is 6.86. The molecule has 106 valence electrons. The van der Waals surface area contributed by atoms with Crippen molar-refractivity contribution >= 4 is 11.8 Å². The van der Waals surface area contributed by atoms with Gasteiger partial charge in [-0.15, -0.1) is 0 Å². The van der Waals surface area contributed by atoms with Crippen LogP contribution in [-0.4, -0.2) is 34.7 Å². The Morgan fingerprint density at radius 1 is 1.35 bits per heavy atom. The van der Waals surface area contributed by atoms with Gasteiger partial charge in [0, 0.05) is 33.1 Å². The van der Waals surface area contributed by atoms with Crippen molar-refractivity contribution in [3.05, 3.63) is 30.2 Å². The number of carbonyl (C=O) groups excluding carboxylic acids is 2. The lowest BCUT2D eigenvalue weighted by Crippen LogP contribution is -2.33. The smallest absolute Gasteiger partial charge is 0.271 e. The molecule has 0 aliphatic rings. The van der Waals surface area contributed by atoms with E-state index in [9.17, 15) is 9.59 Å². The van der Waals surface area contributed by atoms with Gasteiger partial charge in [-0.25, -0.2) is 0 Å². The highest BCUT2D eigenvalue weighted by atomic mass is 16.3. The maximum Gasteiger partial charge on any atom is 0.271 e. The third kappa shape index (κ3) is 3.25. The molecule has 7 nitrogen and oxygen atoms in total. The highest BCUT2D eigenvalue weighted by Crippen LogP contribution is 2.19. The van der Waals surface area contributed by atoms with Crippen molar-refractivity contribution in [1.82, 2.24) is 20.4 Å². The Balaban J connectivity index is 1.97. The molecule has 2 aromatic heterocycles. The van der Waals surface area contributed by atoms with E-state index >= 15 is 0 Å². The van der Waals surface area contributed by atoms with E-state index in [1.807, 2.05) is 0 Å². The van der Waals surface area contributed by atoms with Gasteiger partial charge in [0.1, 0.15) is 5.69 Å². The number of carbonyl (C=O) groups is 2. The van der Waals surface area contributed by atoms with E-state index in [2.05, 4.69) is 15.7 Å². The highest BCUT2D eigenvalue weighted by Gasteiger charge is 2.14. The van der Waals surface area contributed by atoms with Crippen LogP contribution >= 0.6 is 0 Å². The number of hydrogen-bond donors (Lipinski definition) is 2. The molecule has 0 saturated carbocycles. The van der Waals surface area contributed by atoms with Gasteiger partial charge in [0.25, 0.3) is 5.91 Å². The van der Waals surface area contributed by atoms with Crippen LogP contribution in [0.3, 0.4) is 0 Å². The Morgan fingerprint density at radius 2 is 2.10 bits per heavy atom. The minimum Gasteiger partial charge on any atom is -0.463 e. The summed E-state index contributed by atoms with van der Waals surface area (Å²) in [6.07, 6.45) is 1.56. The first-order chi connectivity index (χ1) is 9.58. The lowest BCUT2D eigenvalue weighted by Gasteiger charge is -2.03. The molecule has 0 aliphatic heterocycles. The first kappa shape index (κ1) is 13.9. The third-order valence-corrected chi connectivity index (χ3v) is 2.67. The largest absolute Gasteiger partial charge is 0.463 e. The maximum atomic E-state index is 11.9. The number of aromatic nitrogens is 2. The van der Waals surface area contributed by atoms with Crippen LogP contribution in [0.5, 0.6) is 0 Å². The molecule has 0 spiro atoms. The second kappa shape index (κ2) is 6.05. The van der Waals surface area contributed by atoms with Crippen LogP contribution in [0, 0.1) is 0 Å². The average molecular weight is 276 g/mol. The second-order valence-electron chi connectivity index (χ2n) is 4.25. The fraction of sp³-hybridized carbons (Fsp3) is 0.308. The Bertz CT molecular complexity index is 601. The first-order valence-corrected chi connectivity index (χ1v) is 6.18. The first-order valence-electron chi connectivity index (χ1n) is 6.18. The molecule has 2 heterocycles. The zero-order valence-corrected chi connectivity index (χ0v) is 11.3. The number of nitrogens with one attached hydrogen (secondary N) is 2. The van der Waals surface area contributed by atoms with Crippen LogP contribution < -0.4 is 10.6 Å². The second-order valence-corrected chi connectivity index (χ2v) is 4.25. The molecule has 0 unspecified atom stereocenters. The molecule has 0 atom stereocenters. The van der Waals surface area contributed by atoms with Crippen LogP contribution in [0.15, 0.2) is 28.9 Å². The number of nitrogens with zero attached hydrogens (tertiary/aromatic N) is 2. The molecular weight excluding hydrogens is 260 g/mol. The standard InChI is InChI=1S/C13H16N4O3/c1-9(18)14-5-6-15-13(19)10-8-11(17(2)16-10)12-4-3-7-20-12/h3-4,7-8H,5-6H2,1-2H3,(H,14,18)(H,15,19). The molecule has 2 amide bonds. The molecule has 0 fully saturated rings. The summed E-state index contributed by atoms with van der Waals surface area (Å²) in [5.74, 6) is 0.234. The highest BCUT2D eigenvalue weighted by molar-refractivity contribution is 5.93. The minimum absolute atomic E-state index is 0.128. The fourth-order valence-corrected chi connectivity index (χ4v) is 1.74. The predicted octanol–water partition coefficient (Wildman–Crippen LogP) is 0.546. The van der Waals surface area contributed by atoms with Crippen LogP contribution in [0.2, 0.25) is 0 Å². The molecule has 2 rings (SSSR count). The average Bonchev–Trinajstić information content (AvgIpc) is 3.02. The summed E-state index contributed by atoms with van der Waals surface area (Å²) in [7, 11) is 1.74. The topological polar surface area (TPSA) is 89.2 Å². The Labute approximate surface area is 116 Å². The van der Waals surface area contributed by atoms with Gasteiger partial charge < -0.3 is 15.1 Å². The van der Waals surface area contributed by atoms with Gasteiger partial charge >= 0.3 is 0 Å². The molecule has 0 aromatic carbocycles. The van der Waals surface area contributed by atoms with Gasteiger partial charge in [-0.2, -0.15) is 5.10 Å². The SMILES string of the molecule is CC(=O)NCCNC(=O)c1cc(-c2ccco2)n(C)n1.